The minimum atomic E-state index is 0.0315. The van der Waals surface area contributed by atoms with E-state index in [4.69, 9.17) is 4.74 Å². The van der Waals surface area contributed by atoms with Crippen LogP contribution in [0.3, 0.4) is 0 Å². The number of hydrogen-bond donors (Lipinski definition) is 1. The summed E-state index contributed by atoms with van der Waals surface area (Å²) in [4.78, 5) is 0. The summed E-state index contributed by atoms with van der Waals surface area (Å²) in [6.45, 7) is 0.0794. The lowest BCUT2D eigenvalue weighted by atomic mass is 9.85. The highest BCUT2D eigenvalue weighted by Crippen LogP contribution is 2.54. The topological polar surface area (TPSA) is 29.5 Å². The summed E-state index contributed by atoms with van der Waals surface area (Å²) in [5.74, 6) is 0. The molecule has 0 saturated carbocycles. The molecule has 0 radical (unpaired) electrons. The molecule has 0 unspecified atom stereocenters. The van der Waals surface area contributed by atoms with Crippen LogP contribution in [0.4, 0.5) is 0 Å². The van der Waals surface area contributed by atoms with E-state index >= 15 is 0 Å². The maximum absolute atomic E-state index is 9.23. The predicted octanol–water partition coefficient (Wildman–Crippen LogP) is 3.46. The van der Waals surface area contributed by atoms with E-state index in [0.29, 0.717) is 0 Å². The maximum Gasteiger partial charge on any atom is 0.110 e. The zero-order chi connectivity index (χ0) is 12.3. The fourth-order valence-corrected chi connectivity index (χ4v) is 3.34. The lowest BCUT2D eigenvalue weighted by Gasteiger charge is -2.16. The monoisotopic (exact) mass is 302 g/mol. The summed E-state index contributed by atoms with van der Waals surface area (Å²) >= 11 is 3.51. The lowest BCUT2D eigenvalue weighted by Crippen LogP contribution is -2.03. The molecule has 0 spiro atoms. The molecular weight excluding hydrogens is 292 g/mol. The second-order valence-corrected chi connectivity index (χ2v) is 5.71. The molecule has 2 bridgehead atoms. The molecule has 1 N–H and O–H groups in total. The Labute approximate surface area is 113 Å². The fraction of sp³-hybridized carbons (Fsp3) is 0.200. The summed E-state index contributed by atoms with van der Waals surface area (Å²) in [5.41, 5.74) is 5.91. The summed E-state index contributed by atoms with van der Waals surface area (Å²) in [6, 6.07) is 12.4. The Bertz CT molecular complexity index is 651. The standard InChI is InChI=1S/C15H11BrO2/c16-9-2-4-11-13(6-9)15-12-5-8(7-17)1-3-10(12)14(11)18-15/h1-6,14-15,17H,7H2/t14-,15+/m0/s1. The van der Waals surface area contributed by atoms with E-state index in [1.807, 2.05) is 6.07 Å². The van der Waals surface area contributed by atoms with Crippen LogP contribution in [0.25, 0.3) is 0 Å². The van der Waals surface area contributed by atoms with Gasteiger partial charge in [-0.05, 0) is 39.9 Å². The largest absolute Gasteiger partial charge is 0.392 e. The van der Waals surface area contributed by atoms with E-state index in [-0.39, 0.29) is 18.8 Å². The number of aliphatic hydroxyl groups excluding tert-OH is 1. The van der Waals surface area contributed by atoms with Crippen molar-refractivity contribution in [3.8, 4) is 0 Å². The number of fused-ring (bicyclic) bond motifs is 8. The van der Waals surface area contributed by atoms with E-state index in [1.165, 1.54) is 22.3 Å². The summed E-state index contributed by atoms with van der Waals surface area (Å²) in [5, 5.41) is 9.23. The SMILES string of the molecule is OCc1ccc2c(c1)[C@H]1O[C@@H]2c2ccc(Br)cc21. The normalized spacial score (nSPS) is 23.0. The van der Waals surface area contributed by atoms with Gasteiger partial charge in [-0.3, -0.25) is 0 Å². The molecule has 2 aromatic rings. The van der Waals surface area contributed by atoms with Gasteiger partial charge >= 0.3 is 0 Å². The van der Waals surface area contributed by atoms with E-state index in [1.54, 1.807) is 0 Å². The molecule has 0 amide bonds. The van der Waals surface area contributed by atoms with Crippen molar-refractivity contribution in [1.82, 2.24) is 0 Å². The van der Waals surface area contributed by atoms with Crippen molar-refractivity contribution in [3.63, 3.8) is 0 Å². The van der Waals surface area contributed by atoms with Gasteiger partial charge in [0.25, 0.3) is 0 Å². The molecule has 0 saturated heterocycles. The minimum Gasteiger partial charge on any atom is -0.392 e. The highest BCUT2D eigenvalue weighted by atomic mass is 79.9. The van der Waals surface area contributed by atoms with Crippen LogP contribution in [0.5, 0.6) is 0 Å². The molecule has 0 aliphatic carbocycles. The minimum absolute atomic E-state index is 0.0315. The summed E-state index contributed by atoms with van der Waals surface area (Å²) in [6.07, 6.45) is 0.102. The molecule has 2 nitrogen and oxygen atoms in total. The molecule has 4 rings (SSSR count). The molecule has 90 valence electrons. The molecule has 2 atom stereocenters. The van der Waals surface area contributed by atoms with Crippen LogP contribution in [0.2, 0.25) is 0 Å². The average molecular weight is 303 g/mol. The van der Waals surface area contributed by atoms with Crippen molar-refractivity contribution in [3.05, 3.63) is 68.7 Å². The smallest absolute Gasteiger partial charge is 0.110 e. The molecule has 18 heavy (non-hydrogen) atoms. The second-order valence-electron chi connectivity index (χ2n) is 4.79. The number of aliphatic hydroxyl groups is 1. The van der Waals surface area contributed by atoms with E-state index < -0.39 is 0 Å². The third-order valence-electron chi connectivity index (χ3n) is 3.78. The van der Waals surface area contributed by atoms with Crippen LogP contribution in [-0.2, 0) is 11.3 Å². The third-order valence-corrected chi connectivity index (χ3v) is 4.28. The Morgan fingerprint density at radius 2 is 1.61 bits per heavy atom. The molecule has 2 heterocycles. The third kappa shape index (κ3) is 1.30. The van der Waals surface area contributed by atoms with Crippen molar-refractivity contribution in [2.45, 2.75) is 18.8 Å². The van der Waals surface area contributed by atoms with Gasteiger partial charge in [-0.1, -0.05) is 40.2 Å². The summed E-state index contributed by atoms with van der Waals surface area (Å²) in [7, 11) is 0. The first kappa shape index (κ1) is 10.7. The number of halogens is 1. The average Bonchev–Trinajstić information content (AvgIpc) is 2.94. The van der Waals surface area contributed by atoms with Gasteiger partial charge in [-0.2, -0.15) is 0 Å². The molecule has 0 fully saturated rings. The van der Waals surface area contributed by atoms with E-state index in [0.717, 1.165) is 10.0 Å². The van der Waals surface area contributed by atoms with Gasteiger partial charge in [0, 0.05) is 4.47 Å². The van der Waals surface area contributed by atoms with Crippen LogP contribution in [-0.4, -0.2) is 5.11 Å². The maximum atomic E-state index is 9.23. The molecular formula is C15H11BrO2. The second kappa shape index (κ2) is 3.67. The van der Waals surface area contributed by atoms with Gasteiger partial charge < -0.3 is 9.84 Å². The van der Waals surface area contributed by atoms with Crippen LogP contribution in [0, 0.1) is 0 Å². The Hall–Kier alpha value is -1.16. The van der Waals surface area contributed by atoms with Crippen molar-refractivity contribution >= 4 is 15.9 Å². The first-order valence-corrected chi connectivity index (χ1v) is 6.75. The highest BCUT2D eigenvalue weighted by molar-refractivity contribution is 9.10. The number of rotatable bonds is 1. The van der Waals surface area contributed by atoms with Gasteiger partial charge in [0.1, 0.15) is 12.2 Å². The number of hydrogen-bond acceptors (Lipinski definition) is 2. The number of ether oxygens (including phenoxy) is 1. The molecule has 0 aromatic heterocycles. The lowest BCUT2D eigenvalue weighted by molar-refractivity contribution is 0.0857. The van der Waals surface area contributed by atoms with Crippen LogP contribution in [0.1, 0.15) is 40.0 Å². The van der Waals surface area contributed by atoms with Crippen LogP contribution < -0.4 is 0 Å². The Balaban J connectivity index is 1.91. The molecule has 2 aliphatic heterocycles. The molecule has 2 aromatic carbocycles. The van der Waals surface area contributed by atoms with E-state index in [9.17, 15) is 5.11 Å². The van der Waals surface area contributed by atoms with Crippen molar-refractivity contribution < 1.29 is 9.84 Å². The first-order valence-electron chi connectivity index (χ1n) is 5.96. The Morgan fingerprint density at radius 1 is 0.944 bits per heavy atom. The van der Waals surface area contributed by atoms with Gasteiger partial charge in [0.2, 0.25) is 0 Å². The van der Waals surface area contributed by atoms with Gasteiger partial charge in [0.15, 0.2) is 0 Å². The quantitative estimate of drug-likeness (QED) is 0.874. The molecule has 2 aliphatic rings. The predicted molar refractivity (Wildman–Crippen MR) is 71.3 cm³/mol. The number of benzene rings is 2. The highest BCUT2D eigenvalue weighted by Gasteiger charge is 2.42. The van der Waals surface area contributed by atoms with Crippen molar-refractivity contribution in [2.24, 2.45) is 0 Å². The first-order chi connectivity index (χ1) is 8.78. The van der Waals surface area contributed by atoms with Gasteiger partial charge in [0.05, 0.1) is 6.61 Å². The summed E-state index contributed by atoms with van der Waals surface area (Å²) < 4.78 is 7.15. The van der Waals surface area contributed by atoms with Crippen molar-refractivity contribution in [1.29, 1.82) is 0 Å². The van der Waals surface area contributed by atoms with E-state index in [2.05, 4.69) is 46.3 Å². The van der Waals surface area contributed by atoms with Crippen LogP contribution >= 0.6 is 15.9 Å². The zero-order valence-corrected chi connectivity index (χ0v) is 11.1. The molecule has 3 heteroatoms. The fourth-order valence-electron chi connectivity index (χ4n) is 2.96. The van der Waals surface area contributed by atoms with Gasteiger partial charge in [-0.15, -0.1) is 0 Å². The Morgan fingerprint density at radius 3 is 2.39 bits per heavy atom. The van der Waals surface area contributed by atoms with Crippen molar-refractivity contribution in [2.75, 3.05) is 0 Å². The Kier molecular flexibility index (Phi) is 2.19. The van der Waals surface area contributed by atoms with Crippen LogP contribution in [0.15, 0.2) is 40.9 Å². The zero-order valence-electron chi connectivity index (χ0n) is 9.56. The van der Waals surface area contributed by atoms with Gasteiger partial charge in [-0.25, -0.2) is 0 Å².